The van der Waals surface area contributed by atoms with E-state index in [1.165, 1.54) is 20.3 Å². The van der Waals surface area contributed by atoms with E-state index in [0.29, 0.717) is 31.4 Å². The van der Waals surface area contributed by atoms with E-state index < -0.39 is 15.8 Å². The highest BCUT2D eigenvalue weighted by Gasteiger charge is 2.29. The average molecular weight is 411 g/mol. The fourth-order valence-corrected chi connectivity index (χ4v) is 4.57. The van der Waals surface area contributed by atoms with Crippen LogP contribution in [-0.4, -0.2) is 44.8 Å². The van der Waals surface area contributed by atoms with Crippen molar-refractivity contribution in [2.75, 3.05) is 14.2 Å². The third-order valence-corrected chi connectivity index (χ3v) is 6.07. The summed E-state index contributed by atoms with van der Waals surface area (Å²) >= 11 is 0. The van der Waals surface area contributed by atoms with Crippen LogP contribution < -0.4 is 18.9 Å². The minimum absolute atomic E-state index is 0.0347. The van der Waals surface area contributed by atoms with Gasteiger partial charge in [-0.3, -0.25) is 0 Å². The van der Waals surface area contributed by atoms with Crippen molar-refractivity contribution in [1.82, 2.24) is 14.7 Å². The number of hydrogen-bond donors (Lipinski definition) is 1. The molecule has 1 aromatic carbocycles. The highest BCUT2D eigenvalue weighted by atomic mass is 32.2. The van der Waals surface area contributed by atoms with Crippen molar-refractivity contribution < 1.29 is 27.0 Å². The largest absolute Gasteiger partial charge is 0.497 e. The molecule has 1 fully saturated rings. The summed E-state index contributed by atoms with van der Waals surface area (Å²) in [5.74, 6) is 0.148. The Hall–Kier alpha value is -2.46. The molecule has 1 aliphatic carbocycles. The Bertz CT molecular complexity index is 900. The second kappa shape index (κ2) is 8.70. The van der Waals surface area contributed by atoms with Gasteiger partial charge in [-0.2, -0.15) is 0 Å². The van der Waals surface area contributed by atoms with Gasteiger partial charge < -0.3 is 14.2 Å². The zero-order valence-electron chi connectivity index (χ0n) is 15.6. The summed E-state index contributed by atoms with van der Waals surface area (Å²) in [5.41, 5.74) is 0. The van der Waals surface area contributed by atoms with Crippen LogP contribution in [0.5, 0.6) is 17.5 Å². The Morgan fingerprint density at radius 1 is 1.07 bits per heavy atom. The minimum atomic E-state index is -3.78. The van der Waals surface area contributed by atoms with Gasteiger partial charge in [-0.15, -0.1) is 0 Å². The third kappa shape index (κ3) is 4.87. The van der Waals surface area contributed by atoms with E-state index in [1.54, 1.807) is 12.1 Å². The van der Waals surface area contributed by atoms with Gasteiger partial charge in [0.25, 0.3) is 0 Å². The van der Waals surface area contributed by atoms with E-state index in [9.17, 15) is 12.8 Å². The maximum absolute atomic E-state index is 12.9. The van der Waals surface area contributed by atoms with Crippen LogP contribution in [0.2, 0.25) is 0 Å². The number of halogens is 1. The molecule has 0 amide bonds. The van der Waals surface area contributed by atoms with E-state index in [4.69, 9.17) is 14.2 Å². The molecule has 152 valence electrons. The van der Waals surface area contributed by atoms with Crippen molar-refractivity contribution in [2.45, 2.75) is 42.7 Å². The van der Waals surface area contributed by atoms with Crippen LogP contribution in [0, 0.1) is 5.82 Å². The Morgan fingerprint density at radius 3 is 2.36 bits per heavy atom. The summed E-state index contributed by atoms with van der Waals surface area (Å²) in [4.78, 5) is 7.60. The van der Waals surface area contributed by atoms with Gasteiger partial charge in [0, 0.05) is 12.1 Å². The molecule has 1 heterocycles. The molecule has 1 N–H and O–H groups in total. The molecule has 0 radical (unpaired) electrons. The lowest BCUT2D eigenvalue weighted by Gasteiger charge is -2.28. The Balaban J connectivity index is 1.61. The first kappa shape index (κ1) is 20.3. The van der Waals surface area contributed by atoms with Crippen LogP contribution in [-0.2, 0) is 10.0 Å². The predicted octanol–water partition coefficient (Wildman–Crippen LogP) is 2.30. The number of aromatic nitrogens is 2. The summed E-state index contributed by atoms with van der Waals surface area (Å²) in [6.45, 7) is 0. The van der Waals surface area contributed by atoms with Crippen molar-refractivity contribution in [3.8, 4) is 17.5 Å². The summed E-state index contributed by atoms with van der Waals surface area (Å²) in [6.07, 6.45) is 4.39. The maximum Gasteiger partial charge on any atom is 0.316 e. The molecular formula is C18H22FN3O5S. The molecule has 1 aromatic heterocycles. The lowest BCUT2D eigenvalue weighted by Crippen LogP contribution is -2.39. The summed E-state index contributed by atoms with van der Waals surface area (Å²) in [5, 5.41) is 0. The first-order valence-corrected chi connectivity index (χ1v) is 10.3. The lowest BCUT2D eigenvalue weighted by atomic mass is 9.94. The zero-order chi connectivity index (χ0) is 20.1. The van der Waals surface area contributed by atoms with Gasteiger partial charge in [-0.25, -0.2) is 27.5 Å². The van der Waals surface area contributed by atoms with Gasteiger partial charge >= 0.3 is 6.01 Å². The summed E-state index contributed by atoms with van der Waals surface area (Å²) in [7, 11) is -0.891. The molecular weight excluding hydrogens is 389 g/mol. The quantitative estimate of drug-likeness (QED) is 0.746. The molecule has 28 heavy (non-hydrogen) atoms. The second-order valence-corrected chi connectivity index (χ2v) is 8.10. The zero-order valence-corrected chi connectivity index (χ0v) is 16.4. The fourth-order valence-electron chi connectivity index (χ4n) is 3.09. The summed E-state index contributed by atoms with van der Waals surface area (Å²) in [6, 6.07) is 4.52. The summed E-state index contributed by atoms with van der Waals surface area (Å²) < 4.78 is 57.2. The van der Waals surface area contributed by atoms with Crippen LogP contribution in [0.15, 0.2) is 35.5 Å². The number of benzene rings is 1. The van der Waals surface area contributed by atoms with Crippen molar-refractivity contribution in [3.63, 3.8) is 0 Å². The number of sulfonamides is 1. The van der Waals surface area contributed by atoms with E-state index in [1.807, 2.05) is 0 Å². The fraction of sp³-hybridized carbons (Fsp3) is 0.444. The number of nitrogens with one attached hydrogen (secondary N) is 1. The first-order chi connectivity index (χ1) is 13.4. The van der Waals surface area contributed by atoms with Crippen LogP contribution in [0.3, 0.4) is 0 Å². The standard InChI is InChI=1S/C18H22FN3O5S/c1-25-15-7-8-16(26-2)17(9-15)28(23,24)22-13-3-5-14(6-4-13)27-18-20-10-12(19)11-21-18/h7-11,13-14,22H,3-6H2,1-2H3. The number of ether oxygens (including phenoxy) is 3. The van der Waals surface area contributed by atoms with Crippen LogP contribution >= 0.6 is 0 Å². The highest BCUT2D eigenvalue weighted by Crippen LogP contribution is 2.30. The highest BCUT2D eigenvalue weighted by molar-refractivity contribution is 7.89. The number of nitrogens with zero attached hydrogens (tertiary/aromatic N) is 2. The van der Waals surface area contributed by atoms with Gasteiger partial charge in [0.15, 0.2) is 5.82 Å². The van der Waals surface area contributed by atoms with E-state index in [2.05, 4.69) is 14.7 Å². The van der Waals surface area contributed by atoms with Crippen molar-refractivity contribution in [3.05, 3.63) is 36.4 Å². The molecule has 2 aromatic rings. The lowest BCUT2D eigenvalue weighted by molar-refractivity contribution is 0.131. The van der Waals surface area contributed by atoms with Gasteiger partial charge in [-0.1, -0.05) is 0 Å². The maximum atomic E-state index is 12.9. The van der Waals surface area contributed by atoms with Crippen molar-refractivity contribution >= 4 is 10.0 Å². The molecule has 0 spiro atoms. The minimum Gasteiger partial charge on any atom is -0.497 e. The molecule has 0 unspecified atom stereocenters. The average Bonchev–Trinajstić information content (AvgIpc) is 2.70. The molecule has 3 rings (SSSR count). The SMILES string of the molecule is COc1ccc(OC)c(S(=O)(=O)NC2CCC(Oc3ncc(F)cn3)CC2)c1. The number of methoxy groups -OCH3 is 2. The molecule has 10 heteroatoms. The number of hydrogen-bond acceptors (Lipinski definition) is 7. The van der Waals surface area contributed by atoms with Gasteiger partial charge in [0.05, 0.1) is 26.6 Å². The van der Waals surface area contributed by atoms with E-state index in [-0.39, 0.29) is 28.8 Å². The van der Waals surface area contributed by atoms with Crippen LogP contribution in [0.4, 0.5) is 4.39 Å². The van der Waals surface area contributed by atoms with Crippen molar-refractivity contribution in [2.24, 2.45) is 0 Å². The van der Waals surface area contributed by atoms with Gasteiger partial charge in [0.2, 0.25) is 10.0 Å². The Kier molecular flexibility index (Phi) is 6.30. The Morgan fingerprint density at radius 2 is 1.75 bits per heavy atom. The molecule has 0 bridgehead atoms. The van der Waals surface area contributed by atoms with Crippen LogP contribution in [0.1, 0.15) is 25.7 Å². The Labute approximate surface area is 163 Å². The van der Waals surface area contributed by atoms with E-state index >= 15 is 0 Å². The van der Waals surface area contributed by atoms with Crippen LogP contribution in [0.25, 0.3) is 0 Å². The normalized spacial score (nSPS) is 19.8. The monoisotopic (exact) mass is 411 g/mol. The molecule has 0 atom stereocenters. The van der Waals surface area contributed by atoms with Gasteiger partial charge in [0.1, 0.15) is 22.5 Å². The molecule has 1 saturated carbocycles. The third-order valence-electron chi connectivity index (χ3n) is 4.53. The predicted molar refractivity (Wildman–Crippen MR) is 98.5 cm³/mol. The first-order valence-electron chi connectivity index (χ1n) is 8.80. The van der Waals surface area contributed by atoms with Gasteiger partial charge in [-0.05, 0) is 37.8 Å². The topological polar surface area (TPSA) is 99.6 Å². The molecule has 1 aliphatic rings. The molecule has 8 nitrogen and oxygen atoms in total. The number of rotatable bonds is 7. The van der Waals surface area contributed by atoms with Crippen molar-refractivity contribution in [1.29, 1.82) is 0 Å². The molecule has 0 saturated heterocycles. The van der Waals surface area contributed by atoms with E-state index in [0.717, 1.165) is 12.4 Å². The second-order valence-electron chi connectivity index (χ2n) is 6.41. The molecule has 0 aliphatic heterocycles. The smallest absolute Gasteiger partial charge is 0.316 e.